The first-order valence-electron chi connectivity index (χ1n) is 7.55. The third-order valence-corrected chi connectivity index (χ3v) is 4.46. The number of phenolic OH excluding ortho intramolecular Hbond substituents is 2. The van der Waals surface area contributed by atoms with Crippen molar-refractivity contribution < 1.29 is 15.0 Å². The van der Waals surface area contributed by atoms with Crippen molar-refractivity contribution in [2.24, 2.45) is 11.3 Å². The number of carbonyl (C=O) groups excluding carboxylic acids is 1. The van der Waals surface area contributed by atoms with E-state index in [9.17, 15) is 15.0 Å². The van der Waals surface area contributed by atoms with Gasteiger partial charge in [0.2, 0.25) is 0 Å². The van der Waals surface area contributed by atoms with E-state index in [0.29, 0.717) is 17.9 Å². The first-order chi connectivity index (χ1) is 9.77. The number of hydrogen-bond donors (Lipinski definition) is 2. The van der Waals surface area contributed by atoms with E-state index in [4.69, 9.17) is 0 Å². The number of likely N-dealkylation sites (tertiary alicyclic amines) is 1. The van der Waals surface area contributed by atoms with Crippen LogP contribution in [0, 0.1) is 11.3 Å². The second kappa shape index (κ2) is 6.06. The minimum Gasteiger partial charge on any atom is -0.508 e. The van der Waals surface area contributed by atoms with Crippen LogP contribution in [-0.4, -0.2) is 40.5 Å². The molecule has 0 spiro atoms. The lowest BCUT2D eigenvalue weighted by atomic mass is 9.75. The summed E-state index contributed by atoms with van der Waals surface area (Å²) in [5.74, 6) is 0.423. The molecule has 1 heterocycles. The summed E-state index contributed by atoms with van der Waals surface area (Å²) in [5, 5.41) is 19.0. The van der Waals surface area contributed by atoms with Crippen molar-refractivity contribution in [3.8, 4) is 11.5 Å². The molecule has 4 heteroatoms. The number of benzene rings is 1. The van der Waals surface area contributed by atoms with Gasteiger partial charge in [-0.15, -0.1) is 0 Å². The molecular formula is C17H25NO3. The molecule has 2 N–H and O–H groups in total. The molecule has 4 nitrogen and oxygen atoms in total. The van der Waals surface area contributed by atoms with Crippen LogP contribution in [0.4, 0.5) is 0 Å². The Balaban J connectivity index is 1.93. The third kappa shape index (κ3) is 3.97. The van der Waals surface area contributed by atoms with Crippen LogP contribution in [0.15, 0.2) is 18.2 Å². The summed E-state index contributed by atoms with van der Waals surface area (Å²) in [6.07, 6.45) is 2.22. The minimum absolute atomic E-state index is 0.0324. The molecule has 2 rings (SSSR count). The van der Waals surface area contributed by atoms with Gasteiger partial charge >= 0.3 is 0 Å². The average molecular weight is 291 g/mol. The first kappa shape index (κ1) is 15.8. The van der Waals surface area contributed by atoms with Gasteiger partial charge in [-0.25, -0.2) is 0 Å². The van der Waals surface area contributed by atoms with Crippen LogP contribution in [0.25, 0.3) is 0 Å². The van der Waals surface area contributed by atoms with Gasteiger partial charge in [0.25, 0.3) is 0 Å². The normalized spacial score (nSPS) is 17.9. The summed E-state index contributed by atoms with van der Waals surface area (Å²) in [5.41, 5.74) is 0.608. The molecule has 0 bridgehead atoms. The molecule has 0 atom stereocenters. The van der Waals surface area contributed by atoms with E-state index in [1.165, 1.54) is 18.2 Å². The minimum atomic E-state index is -0.149. The van der Waals surface area contributed by atoms with Gasteiger partial charge in [0, 0.05) is 6.07 Å². The fraction of sp³-hybridized carbons (Fsp3) is 0.588. The first-order valence-corrected chi connectivity index (χ1v) is 7.55. The number of rotatable bonds is 3. The molecule has 1 aliphatic rings. The highest BCUT2D eigenvalue weighted by Gasteiger charge is 2.29. The lowest BCUT2D eigenvalue weighted by Gasteiger charge is -2.38. The van der Waals surface area contributed by atoms with Crippen LogP contribution >= 0.6 is 0 Å². The van der Waals surface area contributed by atoms with E-state index < -0.39 is 0 Å². The monoisotopic (exact) mass is 291 g/mol. The van der Waals surface area contributed by atoms with E-state index in [0.717, 1.165) is 25.9 Å². The average Bonchev–Trinajstić information content (AvgIpc) is 2.38. The molecule has 0 amide bonds. The Labute approximate surface area is 126 Å². The Morgan fingerprint density at radius 2 is 1.86 bits per heavy atom. The Hall–Kier alpha value is -1.55. The zero-order chi connectivity index (χ0) is 15.6. The maximum atomic E-state index is 12.2. The summed E-state index contributed by atoms with van der Waals surface area (Å²) in [7, 11) is 0. The predicted octanol–water partition coefficient (Wildman–Crippen LogP) is 3.04. The molecule has 1 aromatic rings. The lowest BCUT2D eigenvalue weighted by Crippen LogP contribution is -2.40. The van der Waals surface area contributed by atoms with E-state index in [1.807, 2.05) is 0 Å². The van der Waals surface area contributed by atoms with Crippen molar-refractivity contribution in [2.45, 2.75) is 33.6 Å². The van der Waals surface area contributed by atoms with Gasteiger partial charge in [-0.2, -0.15) is 0 Å². The number of phenols is 2. The van der Waals surface area contributed by atoms with Crippen LogP contribution in [0.1, 0.15) is 44.0 Å². The summed E-state index contributed by atoms with van der Waals surface area (Å²) in [6, 6.07) is 4.12. The molecule has 0 saturated carbocycles. The molecule has 0 aliphatic carbocycles. The van der Waals surface area contributed by atoms with Gasteiger partial charge in [-0.05, 0) is 49.4 Å². The maximum absolute atomic E-state index is 12.2. The van der Waals surface area contributed by atoms with Crippen molar-refractivity contribution >= 4 is 5.78 Å². The van der Waals surface area contributed by atoms with E-state index in [2.05, 4.69) is 25.7 Å². The molecule has 1 aliphatic heterocycles. The Morgan fingerprint density at radius 1 is 1.24 bits per heavy atom. The van der Waals surface area contributed by atoms with Gasteiger partial charge in [0.15, 0.2) is 5.78 Å². The molecule has 0 unspecified atom stereocenters. The molecule has 0 aromatic heterocycles. The van der Waals surface area contributed by atoms with Gasteiger partial charge in [-0.1, -0.05) is 20.8 Å². The largest absolute Gasteiger partial charge is 0.508 e. The fourth-order valence-corrected chi connectivity index (χ4v) is 3.00. The van der Waals surface area contributed by atoms with Gasteiger partial charge in [0.1, 0.15) is 11.5 Å². The Kier molecular flexibility index (Phi) is 4.57. The summed E-state index contributed by atoms with van der Waals surface area (Å²) in [4.78, 5) is 14.4. The van der Waals surface area contributed by atoms with Crippen molar-refractivity contribution in [3.63, 3.8) is 0 Å². The van der Waals surface area contributed by atoms with Crippen LogP contribution in [0.3, 0.4) is 0 Å². The topological polar surface area (TPSA) is 60.8 Å². The number of hydrogen-bond acceptors (Lipinski definition) is 4. The SMILES string of the molecule is CC(C)(C)C1CCN(CC(=O)c2ccc(O)cc2O)CC1. The Morgan fingerprint density at radius 3 is 2.38 bits per heavy atom. The smallest absolute Gasteiger partial charge is 0.180 e. The quantitative estimate of drug-likeness (QED) is 0.840. The number of piperidine rings is 1. The van der Waals surface area contributed by atoms with Crippen molar-refractivity contribution in [2.75, 3.05) is 19.6 Å². The summed E-state index contributed by atoms with van der Waals surface area (Å²) in [6.45, 7) is 8.99. The number of ketones is 1. The van der Waals surface area contributed by atoms with E-state index in [1.54, 1.807) is 0 Å². The maximum Gasteiger partial charge on any atom is 0.180 e. The molecule has 0 radical (unpaired) electrons. The van der Waals surface area contributed by atoms with Gasteiger partial charge in [0.05, 0.1) is 12.1 Å². The molecular weight excluding hydrogens is 266 g/mol. The molecule has 1 saturated heterocycles. The van der Waals surface area contributed by atoms with Crippen molar-refractivity contribution in [3.05, 3.63) is 23.8 Å². The molecule has 116 valence electrons. The van der Waals surface area contributed by atoms with Crippen molar-refractivity contribution in [1.82, 2.24) is 4.90 Å². The second-order valence-electron chi connectivity index (χ2n) is 7.04. The van der Waals surface area contributed by atoms with Crippen LogP contribution in [0.2, 0.25) is 0 Å². The number of Topliss-reactive ketones (excluding diaryl/α,β-unsaturated/α-hetero) is 1. The third-order valence-electron chi connectivity index (χ3n) is 4.46. The van der Waals surface area contributed by atoms with Gasteiger partial charge < -0.3 is 10.2 Å². The van der Waals surface area contributed by atoms with Crippen LogP contribution in [-0.2, 0) is 0 Å². The van der Waals surface area contributed by atoms with E-state index >= 15 is 0 Å². The fourth-order valence-electron chi connectivity index (χ4n) is 3.00. The lowest BCUT2D eigenvalue weighted by molar-refractivity contribution is 0.0820. The molecule has 21 heavy (non-hydrogen) atoms. The van der Waals surface area contributed by atoms with Crippen molar-refractivity contribution in [1.29, 1.82) is 0 Å². The molecule has 1 aromatic carbocycles. The van der Waals surface area contributed by atoms with Crippen LogP contribution < -0.4 is 0 Å². The predicted molar refractivity (Wildman–Crippen MR) is 82.7 cm³/mol. The van der Waals surface area contributed by atoms with E-state index in [-0.39, 0.29) is 22.8 Å². The highest BCUT2D eigenvalue weighted by molar-refractivity contribution is 6.00. The van der Waals surface area contributed by atoms with Crippen LogP contribution in [0.5, 0.6) is 11.5 Å². The number of nitrogens with zero attached hydrogens (tertiary/aromatic N) is 1. The zero-order valence-corrected chi connectivity index (χ0v) is 13.1. The number of aromatic hydroxyl groups is 2. The Bertz CT molecular complexity index is 511. The highest BCUT2D eigenvalue weighted by Crippen LogP contribution is 2.34. The standard InChI is InChI=1S/C17H25NO3/c1-17(2,3)12-6-8-18(9-7-12)11-16(21)14-5-4-13(19)10-15(14)20/h4-5,10,12,19-20H,6-9,11H2,1-3H3. The van der Waals surface area contributed by atoms with Gasteiger partial charge in [-0.3, -0.25) is 9.69 Å². The summed E-state index contributed by atoms with van der Waals surface area (Å²) >= 11 is 0. The summed E-state index contributed by atoms with van der Waals surface area (Å²) < 4.78 is 0. The number of carbonyl (C=O) groups is 1. The highest BCUT2D eigenvalue weighted by atomic mass is 16.3. The molecule has 1 fully saturated rings. The second-order valence-corrected chi connectivity index (χ2v) is 7.04. The zero-order valence-electron chi connectivity index (χ0n) is 13.1.